The van der Waals surface area contributed by atoms with Crippen molar-refractivity contribution in [1.82, 2.24) is 5.32 Å². The van der Waals surface area contributed by atoms with E-state index in [1.165, 1.54) is 0 Å². The maximum atomic E-state index is 10.2. The van der Waals surface area contributed by atoms with E-state index in [1.807, 2.05) is 9.47 Å². The molecule has 0 aromatic heterocycles. The summed E-state index contributed by atoms with van der Waals surface area (Å²) in [6, 6.07) is 0. The zero-order chi connectivity index (χ0) is 10.3. The van der Waals surface area contributed by atoms with E-state index in [0.29, 0.717) is 0 Å². The third-order valence-electron chi connectivity index (χ3n) is 1.58. The van der Waals surface area contributed by atoms with Crippen molar-refractivity contribution in [2.24, 2.45) is 0 Å². The van der Waals surface area contributed by atoms with Gasteiger partial charge < -0.3 is 19.8 Å². The van der Waals surface area contributed by atoms with E-state index in [-0.39, 0.29) is 13.2 Å². The molecule has 0 radical (unpaired) electrons. The summed E-state index contributed by atoms with van der Waals surface area (Å²) in [7, 11) is 1.96. The second-order valence-corrected chi connectivity index (χ2v) is 2.99. The molecule has 0 saturated heterocycles. The van der Waals surface area contributed by atoms with Crippen LogP contribution in [0, 0.1) is 0 Å². The van der Waals surface area contributed by atoms with Gasteiger partial charge >= 0.3 is 5.97 Å². The van der Waals surface area contributed by atoms with Crippen molar-refractivity contribution in [2.75, 3.05) is 26.4 Å². The Kier molecular flexibility index (Phi) is 6.11. The molecule has 0 aliphatic rings. The molecule has 0 aromatic rings. The molecule has 0 rings (SSSR count). The van der Waals surface area contributed by atoms with Crippen LogP contribution in [0.25, 0.3) is 0 Å². The smallest absolute Gasteiger partial charge is 0.317 e. The zero-order valence-corrected chi connectivity index (χ0v) is 8.22. The number of hydrogen-bond acceptors (Lipinski definition) is 5. The Morgan fingerprint density at radius 2 is 2.00 bits per heavy atom. The van der Waals surface area contributed by atoms with Gasteiger partial charge in [-0.3, -0.25) is 10.1 Å². The first-order chi connectivity index (χ1) is 6.10. The molecule has 0 bridgehead atoms. The molecule has 0 aliphatic carbocycles. The Labute approximate surface area is 78.2 Å². The highest BCUT2D eigenvalue weighted by molar-refractivity contribution is 7.09. The van der Waals surface area contributed by atoms with Gasteiger partial charge in [0.15, 0.2) is 0 Å². The average molecular weight is 211 g/mol. The third-order valence-corrected chi connectivity index (χ3v) is 1.75. The summed E-state index contributed by atoms with van der Waals surface area (Å²) < 4.78 is 4.66. The zero-order valence-electron chi connectivity index (χ0n) is 7.06. The van der Waals surface area contributed by atoms with Gasteiger partial charge in [0.05, 0.1) is 31.9 Å². The minimum atomic E-state index is -1.10. The number of aliphatic hydroxyl groups excluding tert-OH is 2. The fourth-order valence-electron chi connectivity index (χ4n) is 0.727. The van der Waals surface area contributed by atoms with Gasteiger partial charge in [0.2, 0.25) is 0 Å². The number of hydrogen-bond donors (Lipinski definition) is 4. The van der Waals surface area contributed by atoms with Gasteiger partial charge in [-0.15, -0.1) is 0 Å². The monoisotopic (exact) mass is 211 g/mol. The standard InChI is InChI=1S/C6H14NO5P/c8-2-6(3-9,4-12-13)7-1-5(10)11/h7-9H,1-4,13H2,(H,10,11). The quantitative estimate of drug-likeness (QED) is 0.370. The normalized spacial score (nSPS) is 11.6. The maximum absolute atomic E-state index is 10.2. The van der Waals surface area contributed by atoms with Crippen LogP contribution in [0.4, 0.5) is 0 Å². The van der Waals surface area contributed by atoms with Crippen LogP contribution in [0.2, 0.25) is 0 Å². The van der Waals surface area contributed by atoms with Crippen molar-refractivity contribution in [3.05, 3.63) is 0 Å². The van der Waals surface area contributed by atoms with Crippen LogP contribution in [0.3, 0.4) is 0 Å². The largest absolute Gasteiger partial charge is 0.480 e. The minimum absolute atomic E-state index is 0.0119. The first-order valence-corrected chi connectivity index (χ1v) is 4.07. The molecule has 0 aliphatic heterocycles. The van der Waals surface area contributed by atoms with Crippen molar-refractivity contribution in [1.29, 1.82) is 0 Å². The lowest BCUT2D eigenvalue weighted by Gasteiger charge is -2.29. The van der Waals surface area contributed by atoms with E-state index in [9.17, 15) is 4.79 Å². The molecule has 1 unspecified atom stereocenters. The summed E-state index contributed by atoms with van der Waals surface area (Å²) in [6.45, 7) is -1.12. The minimum Gasteiger partial charge on any atom is -0.480 e. The summed E-state index contributed by atoms with van der Waals surface area (Å²) in [4.78, 5) is 10.2. The van der Waals surface area contributed by atoms with Crippen LogP contribution >= 0.6 is 9.47 Å². The van der Waals surface area contributed by atoms with Crippen LogP contribution in [0.5, 0.6) is 0 Å². The average Bonchev–Trinajstić information content (AvgIpc) is 2.12. The SMILES string of the molecule is O=C(O)CNC(CO)(CO)COP. The Balaban J connectivity index is 4.12. The van der Waals surface area contributed by atoms with Gasteiger partial charge in [-0.25, -0.2) is 0 Å². The van der Waals surface area contributed by atoms with Crippen LogP contribution in [0.1, 0.15) is 0 Å². The molecule has 6 nitrogen and oxygen atoms in total. The van der Waals surface area contributed by atoms with Crippen LogP contribution in [-0.2, 0) is 9.32 Å². The molecule has 0 amide bonds. The van der Waals surface area contributed by atoms with E-state index in [0.717, 1.165) is 0 Å². The molecule has 0 heterocycles. The maximum Gasteiger partial charge on any atom is 0.317 e. The van der Waals surface area contributed by atoms with Crippen molar-refractivity contribution < 1.29 is 24.6 Å². The van der Waals surface area contributed by atoms with Crippen LogP contribution in [-0.4, -0.2) is 53.2 Å². The van der Waals surface area contributed by atoms with Crippen LogP contribution in [0.15, 0.2) is 0 Å². The molecular weight excluding hydrogens is 197 g/mol. The third kappa shape index (κ3) is 4.50. The predicted octanol–water partition coefficient (Wildman–Crippen LogP) is -1.81. The van der Waals surface area contributed by atoms with Crippen molar-refractivity contribution in [3.8, 4) is 0 Å². The first-order valence-electron chi connectivity index (χ1n) is 3.60. The van der Waals surface area contributed by atoms with Gasteiger partial charge in [-0.2, -0.15) is 0 Å². The number of carbonyl (C=O) groups is 1. The lowest BCUT2D eigenvalue weighted by atomic mass is 10.0. The Hall–Kier alpha value is -0.260. The van der Waals surface area contributed by atoms with Crippen molar-refractivity contribution >= 4 is 15.4 Å². The number of aliphatic hydroxyl groups is 2. The van der Waals surface area contributed by atoms with E-state index in [2.05, 4.69) is 9.84 Å². The van der Waals surface area contributed by atoms with Crippen molar-refractivity contribution in [2.45, 2.75) is 5.54 Å². The fraction of sp³-hybridized carbons (Fsp3) is 0.833. The summed E-state index contributed by atoms with van der Waals surface area (Å²) >= 11 is 0. The molecule has 0 spiro atoms. The molecule has 1 atom stereocenters. The molecule has 0 aromatic carbocycles. The highest BCUT2D eigenvalue weighted by Gasteiger charge is 2.28. The van der Waals surface area contributed by atoms with Crippen molar-refractivity contribution in [3.63, 3.8) is 0 Å². The van der Waals surface area contributed by atoms with E-state index in [4.69, 9.17) is 15.3 Å². The van der Waals surface area contributed by atoms with Gasteiger partial charge in [-0.1, -0.05) is 0 Å². The molecule has 4 N–H and O–H groups in total. The van der Waals surface area contributed by atoms with E-state index < -0.39 is 24.7 Å². The summed E-state index contributed by atoms with van der Waals surface area (Å²) in [5, 5.41) is 28.7. The van der Waals surface area contributed by atoms with Gasteiger partial charge in [0, 0.05) is 9.47 Å². The van der Waals surface area contributed by atoms with Gasteiger partial charge in [0.1, 0.15) is 0 Å². The number of carboxylic acids is 1. The molecule has 0 saturated carbocycles. The highest BCUT2D eigenvalue weighted by Crippen LogP contribution is 2.05. The topological polar surface area (TPSA) is 99.0 Å². The van der Waals surface area contributed by atoms with Gasteiger partial charge in [0.25, 0.3) is 0 Å². The predicted molar refractivity (Wildman–Crippen MR) is 48.2 cm³/mol. The molecule has 13 heavy (non-hydrogen) atoms. The molecular formula is C6H14NO5P. The highest BCUT2D eigenvalue weighted by atomic mass is 31.0. The summed E-state index contributed by atoms with van der Waals surface area (Å²) in [5.74, 6) is -1.06. The number of rotatable bonds is 7. The molecule has 78 valence electrons. The number of carboxylic acid groups (broad SMARTS) is 1. The summed E-state index contributed by atoms with van der Waals surface area (Å²) in [5.41, 5.74) is -1.10. The molecule has 0 fully saturated rings. The summed E-state index contributed by atoms with van der Waals surface area (Å²) in [6.07, 6.45) is 0. The van der Waals surface area contributed by atoms with E-state index >= 15 is 0 Å². The Bertz CT molecular complexity index is 161. The second kappa shape index (κ2) is 6.23. The lowest BCUT2D eigenvalue weighted by molar-refractivity contribution is -0.136. The van der Waals surface area contributed by atoms with Gasteiger partial charge in [-0.05, 0) is 0 Å². The fourth-order valence-corrected chi connectivity index (χ4v) is 1.05. The second-order valence-electron chi connectivity index (χ2n) is 2.65. The Morgan fingerprint density at radius 1 is 1.46 bits per heavy atom. The first kappa shape index (κ1) is 12.7. The lowest BCUT2D eigenvalue weighted by Crippen LogP contribution is -2.56. The number of aliphatic carboxylic acids is 1. The molecule has 7 heteroatoms. The van der Waals surface area contributed by atoms with E-state index in [1.54, 1.807) is 0 Å². The Morgan fingerprint density at radius 3 is 2.31 bits per heavy atom. The van der Waals surface area contributed by atoms with Crippen LogP contribution < -0.4 is 5.32 Å². The number of nitrogens with one attached hydrogen (secondary N) is 1.